The first kappa shape index (κ1) is 22.1. The smallest absolute Gasteiger partial charge is 0.253 e. The van der Waals surface area contributed by atoms with Crippen molar-refractivity contribution < 1.29 is 14.2 Å². The fourth-order valence-electron chi connectivity index (χ4n) is 3.88. The number of rotatable bonds is 7. The molecule has 1 aromatic heterocycles. The van der Waals surface area contributed by atoms with E-state index in [4.69, 9.17) is 26.4 Å². The number of thiocarbonyl (C=S) groups is 1. The number of nitrogens with zero attached hydrogens (tertiary/aromatic N) is 1. The molecule has 1 aliphatic heterocycles. The molecule has 7 nitrogen and oxygen atoms in total. The number of pyridine rings is 1. The van der Waals surface area contributed by atoms with Crippen molar-refractivity contribution in [3.8, 4) is 11.5 Å². The number of aromatic amines is 1. The number of nitrogens with one attached hydrogen (secondary N) is 2. The summed E-state index contributed by atoms with van der Waals surface area (Å²) in [6, 6.07) is 15.3. The van der Waals surface area contributed by atoms with Crippen LogP contribution in [0.3, 0.4) is 0 Å². The quantitative estimate of drug-likeness (QED) is 0.525. The number of hydrogen-bond acceptors (Lipinski definition) is 5. The van der Waals surface area contributed by atoms with Gasteiger partial charge in [-0.25, -0.2) is 0 Å². The van der Waals surface area contributed by atoms with Crippen molar-refractivity contribution in [1.29, 1.82) is 0 Å². The topological polar surface area (TPSA) is 75.8 Å². The van der Waals surface area contributed by atoms with E-state index in [1.807, 2.05) is 47.4 Å². The number of para-hydroxylation sites is 1. The summed E-state index contributed by atoms with van der Waals surface area (Å²) in [5, 5.41) is 4.69. The molecule has 0 aliphatic carbocycles. The van der Waals surface area contributed by atoms with E-state index in [1.165, 1.54) is 0 Å². The monoisotopic (exact) mass is 453 g/mol. The van der Waals surface area contributed by atoms with E-state index >= 15 is 0 Å². The number of methoxy groups -OCH3 is 2. The number of ether oxygens (including phenoxy) is 3. The molecule has 0 spiro atoms. The molecule has 2 heterocycles. The second kappa shape index (κ2) is 10.0. The largest absolute Gasteiger partial charge is 0.493 e. The molecular formula is C24H27N3O4S. The van der Waals surface area contributed by atoms with Gasteiger partial charge in [0.15, 0.2) is 16.6 Å². The fourth-order valence-corrected chi connectivity index (χ4v) is 4.14. The molecule has 0 bridgehead atoms. The van der Waals surface area contributed by atoms with Crippen LogP contribution < -0.4 is 20.3 Å². The highest BCUT2D eigenvalue weighted by Crippen LogP contribution is 2.31. The summed E-state index contributed by atoms with van der Waals surface area (Å²) in [4.78, 5) is 17.8. The van der Waals surface area contributed by atoms with Gasteiger partial charge in [0.25, 0.3) is 5.56 Å². The maximum atomic E-state index is 12.9. The molecule has 1 aliphatic rings. The van der Waals surface area contributed by atoms with Crippen LogP contribution in [0.1, 0.15) is 18.4 Å². The molecule has 1 atom stereocenters. The average Bonchev–Trinajstić information content (AvgIpc) is 3.32. The Morgan fingerprint density at radius 3 is 2.62 bits per heavy atom. The Hall–Kier alpha value is -3.10. The predicted octanol–water partition coefficient (Wildman–Crippen LogP) is 3.92. The van der Waals surface area contributed by atoms with Gasteiger partial charge in [-0.2, -0.15) is 0 Å². The number of hydrogen-bond donors (Lipinski definition) is 2. The molecule has 0 radical (unpaired) electrons. The lowest BCUT2D eigenvalue weighted by molar-refractivity contribution is 0.0904. The van der Waals surface area contributed by atoms with Crippen molar-refractivity contribution in [3.05, 3.63) is 64.4 Å². The molecule has 1 fully saturated rings. The first-order chi connectivity index (χ1) is 15.6. The van der Waals surface area contributed by atoms with E-state index in [9.17, 15) is 4.79 Å². The maximum Gasteiger partial charge on any atom is 0.253 e. The van der Waals surface area contributed by atoms with E-state index in [0.717, 1.165) is 30.5 Å². The van der Waals surface area contributed by atoms with Gasteiger partial charge in [0, 0.05) is 35.9 Å². The zero-order valence-electron chi connectivity index (χ0n) is 18.2. The Labute approximate surface area is 192 Å². The minimum absolute atomic E-state index is 0.0921. The third-order valence-electron chi connectivity index (χ3n) is 5.55. The SMILES string of the molecule is COc1cc2cc(CN(C[C@H]3CCCO3)C(=S)Nc3ccccc3)c(=O)[nH]c2cc1OC. The lowest BCUT2D eigenvalue weighted by atomic mass is 10.1. The molecule has 168 valence electrons. The van der Waals surface area contributed by atoms with E-state index in [2.05, 4.69) is 10.3 Å². The number of fused-ring (bicyclic) bond motifs is 1. The van der Waals surface area contributed by atoms with E-state index in [-0.39, 0.29) is 11.7 Å². The summed E-state index contributed by atoms with van der Waals surface area (Å²) in [5.41, 5.74) is 2.04. The van der Waals surface area contributed by atoms with Gasteiger partial charge in [0.1, 0.15) is 0 Å². The molecule has 0 amide bonds. The van der Waals surface area contributed by atoms with E-state index in [0.29, 0.717) is 40.8 Å². The highest BCUT2D eigenvalue weighted by molar-refractivity contribution is 7.80. The van der Waals surface area contributed by atoms with Crippen molar-refractivity contribution >= 4 is 33.9 Å². The van der Waals surface area contributed by atoms with Crippen LogP contribution in [0.4, 0.5) is 5.69 Å². The second-order valence-corrected chi connectivity index (χ2v) is 8.12. The second-order valence-electron chi connectivity index (χ2n) is 7.73. The minimum atomic E-state index is -0.162. The number of benzene rings is 2. The molecule has 2 aromatic carbocycles. The number of anilines is 1. The third kappa shape index (κ3) is 5.03. The zero-order chi connectivity index (χ0) is 22.5. The molecule has 4 rings (SSSR count). The molecule has 0 unspecified atom stereocenters. The van der Waals surface area contributed by atoms with Crippen LogP contribution in [0.15, 0.2) is 53.3 Å². The van der Waals surface area contributed by atoms with Gasteiger partial charge in [-0.3, -0.25) is 4.79 Å². The fraction of sp³-hybridized carbons (Fsp3) is 0.333. The van der Waals surface area contributed by atoms with Crippen molar-refractivity contribution in [2.24, 2.45) is 0 Å². The average molecular weight is 454 g/mol. The van der Waals surface area contributed by atoms with Gasteiger partial charge in [-0.1, -0.05) is 18.2 Å². The molecule has 2 N–H and O–H groups in total. The van der Waals surface area contributed by atoms with Crippen LogP contribution in [0.5, 0.6) is 11.5 Å². The molecule has 0 saturated carbocycles. The maximum absolute atomic E-state index is 12.9. The van der Waals surface area contributed by atoms with Gasteiger partial charge in [-0.05, 0) is 49.3 Å². The van der Waals surface area contributed by atoms with Crippen molar-refractivity contribution in [2.75, 3.05) is 32.7 Å². The normalized spacial score (nSPS) is 15.5. The third-order valence-corrected chi connectivity index (χ3v) is 5.91. The Bertz CT molecular complexity index is 1140. The summed E-state index contributed by atoms with van der Waals surface area (Å²) in [6.07, 6.45) is 2.11. The van der Waals surface area contributed by atoms with Crippen LogP contribution in [0, 0.1) is 0 Å². The Kier molecular flexibility index (Phi) is 6.92. The van der Waals surface area contributed by atoms with Crippen LogP contribution in [0.25, 0.3) is 10.9 Å². The van der Waals surface area contributed by atoms with Crippen LogP contribution >= 0.6 is 12.2 Å². The van der Waals surface area contributed by atoms with Crippen molar-refractivity contribution in [2.45, 2.75) is 25.5 Å². The molecule has 8 heteroatoms. The molecular weight excluding hydrogens is 426 g/mol. The first-order valence-electron chi connectivity index (χ1n) is 10.6. The van der Waals surface area contributed by atoms with Gasteiger partial charge in [-0.15, -0.1) is 0 Å². The van der Waals surface area contributed by atoms with Crippen LogP contribution in [0.2, 0.25) is 0 Å². The van der Waals surface area contributed by atoms with E-state index < -0.39 is 0 Å². The highest BCUT2D eigenvalue weighted by atomic mass is 32.1. The standard InChI is InChI=1S/C24H27N3O4S/c1-29-21-12-16-11-17(23(28)26-20(16)13-22(21)30-2)14-27(15-19-9-6-10-31-19)24(32)25-18-7-4-3-5-8-18/h3-5,7-8,11-13,19H,6,9-10,14-15H2,1-2H3,(H,25,32)(H,26,28)/t19-/m1/s1. The first-order valence-corrected chi connectivity index (χ1v) is 11.0. The Balaban J connectivity index is 1.63. The van der Waals surface area contributed by atoms with Crippen molar-refractivity contribution in [1.82, 2.24) is 9.88 Å². The number of H-pyrrole nitrogens is 1. The Morgan fingerprint density at radius 2 is 1.94 bits per heavy atom. The predicted molar refractivity (Wildman–Crippen MR) is 130 cm³/mol. The minimum Gasteiger partial charge on any atom is -0.493 e. The van der Waals surface area contributed by atoms with Gasteiger partial charge < -0.3 is 29.4 Å². The van der Waals surface area contributed by atoms with E-state index in [1.54, 1.807) is 20.3 Å². The lowest BCUT2D eigenvalue weighted by Crippen LogP contribution is -2.40. The van der Waals surface area contributed by atoms with Gasteiger partial charge in [0.05, 0.1) is 32.4 Å². The van der Waals surface area contributed by atoms with Gasteiger partial charge >= 0.3 is 0 Å². The lowest BCUT2D eigenvalue weighted by Gasteiger charge is -2.28. The number of aromatic nitrogens is 1. The van der Waals surface area contributed by atoms with Crippen LogP contribution in [-0.2, 0) is 11.3 Å². The van der Waals surface area contributed by atoms with Crippen molar-refractivity contribution in [3.63, 3.8) is 0 Å². The zero-order valence-corrected chi connectivity index (χ0v) is 19.0. The Morgan fingerprint density at radius 1 is 1.19 bits per heavy atom. The highest BCUT2D eigenvalue weighted by Gasteiger charge is 2.22. The van der Waals surface area contributed by atoms with Crippen LogP contribution in [-0.4, -0.2) is 48.5 Å². The molecule has 1 saturated heterocycles. The summed E-state index contributed by atoms with van der Waals surface area (Å²) >= 11 is 5.71. The molecule has 3 aromatic rings. The van der Waals surface area contributed by atoms with Gasteiger partial charge in [0.2, 0.25) is 0 Å². The summed E-state index contributed by atoms with van der Waals surface area (Å²) in [6.45, 7) is 1.73. The summed E-state index contributed by atoms with van der Waals surface area (Å²) < 4.78 is 16.6. The molecule has 32 heavy (non-hydrogen) atoms. The summed E-state index contributed by atoms with van der Waals surface area (Å²) in [5.74, 6) is 1.17. The summed E-state index contributed by atoms with van der Waals surface area (Å²) in [7, 11) is 3.16.